The molecule has 0 bridgehead atoms. The van der Waals surface area contributed by atoms with E-state index in [1.54, 1.807) is 29.4 Å². The third-order valence-corrected chi connectivity index (χ3v) is 2.40. The highest BCUT2D eigenvalue weighted by molar-refractivity contribution is 5.90. The van der Waals surface area contributed by atoms with E-state index in [2.05, 4.69) is 15.4 Å². The summed E-state index contributed by atoms with van der Waals surface area (Å²) < 4.78 is 42.0. The van der Waals surface area contributed by atoms with Crippen LogP contribution in [0.4, 0.5) is 19.1 Å². The van der Waals surface area contributed by atoms with Crippen molar-refractivity contribution in [3.63, 3.8) is 0 Å². The van der Waals surface area contributed by atoms with Crippen molar-refractivity contribution in [2.45, 2.75) is 13.1 Å². The van der Waals surface area contributed by atoms with Crippen LogP contribution in [0.1, 0.15) is 11.4 Å². The van der Waals surface area contributed by atoms with Gasteiger partial charge in [0.05, 0.1) is 0 Å². The third kappa shape index (κ3) is 4.20. The molecule has 2 rings (SSSR count). The molecule has 0 saturated heterocycles. The minimum atomic E-state index is -4.64. The lowest BCUT2D eigenvalue weighted by Gasteiger charge is -2.05. The molecule has 0 unspecified atom stereocenters. The minimum absolute atomic E-state index is 0.362. The molecule has 112 valence electrons. The number of benzene rings is 1. The number of hydrogen-bond acceptors (Lipinski definition) is 4. The second-order valence-electron chi connectivity index (χ2n) is 4.16. The van der Waals surface area contributed by atoms with Crippen LogP contribution >= 0.6 is 0 Å². The highest BCUT2D eigenvalue weighted by Gasteiger charge is 2.35. The van der Waals surface area contributed by atoms with Gasteiger partial charge in [-0.2, -0.15) is 18.2 Å². The molecule has 1 aromatic carbocycles. The Labute approximate surface area is 117 Å². The normalized spacial score (nSPS) is 11.2. The number of aryl methyl sites for hydroxylation is 1. The van der Waals surface area contributed by atoms with Crippen LogP contribution in [0.5, 0.6) is 5.75 Å². The van der Waals surface area contributed by atoms with E-state index in [-0.39, 0.29) is 6.61 Å². The Bertz CT molecular complexity index is 622. The van der Waals surface area contributed by atoms with Crippen LogP contribution in [0.15, 0.2) is 24.3 Å². The summed E-state index contributed by atoms with van der Waals surface area (Å²) in [4.78, 5) is 14.6. The van der Waals surface area contributed by atoms with Crippen molar-refractivity contribution in [2.24, 2.45) is 0 Å². The van der Waals surface area contributed by atoms with Gasteiger partial charge in [-0.15, -0.1) is 5.10 Å². The number of carbonyl (C=O) groups is 1. The molecular weight excluding hydrogens is 289 g/mol. The average molecular weight is 300 g/mol. The Kier molecular flexibility index (Phi) is 4.10. The van der Waals surface area contributed by atoms with Gasteiger partial charge in [-0.25, -0.2) is 0 Å². The summed E-state index contributed by atoms with van der Waals surface area (Å²) in [7, 11) is 0. The maximum absolute atomic E-state index is 12.3. The molecule has 1 heterocycles. The number of nitrogens with zero attached hydrogens (tertiary/aromatic N) is 2. The van der Waals surface area contributed by atoms with Crippen LogP contribution in [0.3, 0.4) is 0 Å². The second kappa shape index (κ2) is 5.81. The summed E-state index contributed by atoms with van der Waals surface area (Å²) in [6.45, 7) is 1.54. The molecule has 0 atom stereocenters. The molecule has 0 aliphatic rings. The Hall–Kier alpha value is -2.58. The van der Waals surface area contributed by atoms with Crippen molar-refractivity contribution < 1.29 is 22.7 Å². The van der Waals surface area contributed by atoms with Crippen molar-refractivity contribution in [3.05, 3.63) is 35.7 Å². The van der Waals surface area contributed by atoms with Crippen molar-refractivity contribution in [3.8, 4) is 5.75 Å². The molecule has 2 N–H and O–H groups in total. The lowest BCUT2D eigenvalue weighted by Crippen LogP contribution is -2.21. The number of halogens is 3. The fourth-order valence-corrected chi connectivity index (χ4v) is 1.39. The van der Waals surface area contributed by atoms with Gasteiger partial charge in [0, 0.05) is 0 Å². The van der Waals surface area contributed by atoms with Gasteiger partial charge < -0.3 is 4.74 Å². The smallest absolute Gasteiger partial charge is 0.451 e. The number of amides is 1. The SMILES string of the molecule is Cc1ccc(OCC(=O)Nc2n[nH]c(C(F)(F)F)n2)cc1. The van der Waals surface area contributed by atoms with Gasteiger partial charge in [0.15, 0.2) is 6.61 Å². The number of carbonyl (C=O) groups excluding carboxylic acids is 1. The molecule has 2 aromatic rings. The van der Waals surface area contributed by atoms with Crippen molar-refractivity contribution in [1.29, 1.82) is 0 Å². The van der Waals surface area contributed by atoms with Crippen LogP contribution in [0.25, 0.3) is 0 Å². The molecule has 1 aromatic heterocycles. The van der Waals surface area contributed by atoms with Gasteiger partial charge in [0.25, 0.3) is 5.91 Å². The fraction of sp³-hybridized carbons (Fsp3) is 0.250. The Morgan fingerprint density at radius 2 is 2.00 bits per heavy atom. The van der Waals surface area contributed by atoms with Crippen molar-refractivity contribution in [2.75, 3.05) is 11.9 Å². The topological polar surface area (TPSA) is 79.9 Å². The summed E-state index contributed by atoms with van der Waals surface area (Å²) in [6, 6.07) is 6.96. The molecule has 0 aliphatic carbocycles. The summed E-state index contributed by atoms with van der Waals surface area (Å²) in [5.41, 5.74) is 1.03. The number of alkyl halides is 3. The van der Waals surface area contributed by atoms with E-state index in [9.17, 15) is 18.0 Å². The number of anilines is 1. The maximum Gasteiger partial charge on any atom is 0.451 e. The highest BCUT2D eigenvalue weighted by Crippen LogP contribution is 2.26. The molecule has 0 saturated carbocycles. The maximum atomic E-state index is 12.3. The van der Waals surface area contributed by atoms with E-state index in [1.165, 1.54) is 0 Å². The summed E-state index contributed by atoms with van der Waals surface area (Å²) in [5.74, 6) is -1.93. The molecule has 0 radical (unpaired) electrons. The Morgan fingerprint density at radius 3 is 2.57 bits per heavy atom. The lowest BCUT2D eigenvalue weighted by atomic mass is 10.2. The van der Waals surface area contributed by atoms with Gasteiger partial charge in [-0.05, 0) is 19.1 Å². The Morgan fingerprint density at radius 1 is 1.33 bits per heavy atom. The minimum Gasteiger partial charge on any atom is -0.484 e. The quantitative estimate of drug-likeness (QED) is 0.906. The van der Waals surface area contributed by atoms with Gasteiger partial charge in [0.1, 0.15) is 5.75 Å². The first-order valence-corrected chi connectivity index (χ1v) is 5.83. The van der Waals surface area contributed by atoms with Gasteiger partial charge >= 0.3 is 6.18 Å². The predicted molar refractivity (Wildman–Crippen MR) is 66.7 cm³/mol. The highest BCUT2D eigenvalue weighted by atomic mass is 19.4. The first kappa shape index (κ1) is 14.8. The lowest BCUT2D eigenvalue weighted by molar-refractivity contribution is -0.144. The molecule has 0 aliphatic heterocycles. The number of rotatable bonds is 4. The number of H-pyrrole nitrogens is 1. The molecule has 0 spiro atoms. The molecule has 0 fully saturated rings. The third-order valence-electron chi connectivity index (χ3n) is 2.40. The fourth-order valence-electron chi connectivity index (χ4n) is 1.39. The number of ether oxygens (including phenoxy) is 1. The van der Waals surface area contributed by atoms with Gasteiger partial charge in [0.2, 0.25) is 11.8 Å². The number of nitrogens with one attached hydrogen (secondary N) is 2. The molecule has 6 nitrogen and oxygen atoms in total. The molecular formula is C12H11F3N4O2. The first-order chi connectivity index (χ1) is 9.84. The van der Waals surface area contributed by atoms with Crippen LogP contribution in [-0.4, -0.2) is 27.7 Å². The predicted octanol–water partition coefficient (Wildman–Crippen LogP) is 2.15. The Balaban J connectivity index is 1.87. The van der Waals surface area contributed by atoms with E-state index in [4.69, 9.17) is 4.74 Å². The number of aromatic nitrogens is 3. The van der Waals surface area contributed by atoms with E-state index in [0.29, 0.717) is 5.75 Å². The molecule has 1 amide bonds. The van der Waals surface area contributed by atoms with Crippen LogP contribution in [0.2, 0.25) is 0 Å². The number of hydrogen-bond donors (Lipinski definition) is 2. The monoisotopic (exact) mass is 300 g/mol. The first-order valence-electron chi connectivity index (χ1n) is 5.83. The van der Waals surface area contributed by atoms with Crippen molar-refractivity contribution in [1.82, 2.24) is 15.2 Å². The van der Waals surface area contributed by atoms with E-state index in [0.717, 1.165) is 5.56 Å². The van der Waals surface area contributed by atoms with E-state index >= 15 is 0 Å². The molecule has 21 heavy (non-hydrogen) atoms. The van der Waals surface area contributed by atoms with Crippen LogP contribution in [-0.2, 0) is 11.0 Å². The number of aromatic amines is 1. The zero-order valence-electron chi connectivity index (χ0n) is 10.9. The summed E-state index contributed by atoms with van der Waals surface area (Å²) in [6.07, 6.45) is -4.64. The zero-order chi connectivity index (χ0) is 15.5. The molecule has 9 heteroatoms. The van der Waals surface area contributed by atoms with Gasteiger partial charge in [-0.1, -0.05) is 17.7 Å². The second-order valence-corrected chi connectivity index (χ2v) is 4.16. The standard InChI is InChI=1S/C12H11F3N4O2/c1-7-2-4-8(5-3-7)21-6-9(20)16-11-17-10(18-19-11)12(13,14)15/h2-5H,6H2,1H3,(H2,16,17,18,19,20). The van der Waals surface area contributed by atoms with Crippen molar-refractivity contribution >= 4 is 11.9 Å². The summed E-state index contributed by atoms with van der Waals surface area (Å²) in [5, 5.41) is 7.03. The van der Waals surface area contributed by atoms with Crippen LogP contribution < -0.4 is 10.1 Å². The van der Waals surface area contributed by atoms with Gasteiger partial charge in [-0.3, -0.25) is 15.2 Å². The van der Waals surface area contributed by atoms with E-state index < -0.39 is 23.9 Å². The largest absolute Gasteiger partial charge is 0.484 e. The average Bonchev–Trinajstić information content (AvgIpc) is 2.86. The summed E-state index contributed by atoms with van der Waals surface area (Å²) >= 11 is 0. The zero-order valence-corrected chi connectivity index (χ0v) is 10.9. The van der Waals surface area contributed by atoms with E-state index in [1.807, 2.05) is 6.92 Å². The van der Waals surface area contributed by atoms with Crippen LogP contribution in [0, 0.1) is 6.92 Å².